The molecule has 0 spiro atoms. The minimum atomic E-state index is -0.716. The normalized spacial score (nSPS) is 29.2. The molecule has 0 radical (unpaired) electrons. The average Bonchev–Trinajstić information content (AvgIpc) is 2.30. The number of carbonyl (C=O) groups excluding carboxylic acids is 2. The van der Waals surface area contributed by atoms with E-state index >= 15 is 0 Å². The molecule has 2 atom stereocenters. The van der Waals surface area contributed by atoms with Gasteiger partial charge in [0, 0.05) is 6.42 Å². The molecule has 0 amide bonds. The van der Waals surface area contributed by atoms with Crippen molar-refractivity contribution in [3.05, 3.63) is 0 Å². The van der Waals surface area contributed by atoms with E-state index in [1.165, 1.54) is 0 Å². The van der Waals surface area contributed by atoms with Gasteiger partial charge in [0.15, 0.2) is 6.10 Å². The van der Waals surface area contributed by atoms with Crippen molar-refractivity contribution in [2.24, 2.45) is 11.8 Å². The number of esters is 1. The third-order valence-electron chi connectivity index (χ3n) is 2.09. The van der Waals surface area contributed by atoms with Gasteiger partial charge in [-0.15, -0.1) is 0 Å². The van der Waals surface area contributed by atoms with Crippen LogP contribution in [-0.2, 0) is 14.3 Å². The lowest BCUT2D eigenvalue weighted by Crippen LogP contribution is -2.14. The summed E-state index contributed by atoms with van der Waals surface area (Å²) < 4.78 is 4.78. The van der Waals surface area contributed by atoms with E-state index < -0.39 is 11.3 Å². The highest BCUT2D eigenvalue weighted by Gasteiger charge is 2.39. The smallest absolute Gasteiger partial charge is 0.310 e. The van der Waals surface area contributed by atoms with E-state index in [-0.39, 0.29) is 17.8 Å². The lowest BCUT2D eigenvalue weighted by molar-refractivity contribution is -0.148. The van der Waals surface area contributed by atoms with Crippen molar-refractivity contribution >= 4 is 22.8 Å². The van der Waals surface area contributed by atoms with E-state index in [4.69, 9.17) is 16.3 Å². The van der Waals surface area contributed by atoms with E-state index in [2.05, 4.69) is 0 Å². The highest BCUT2D eigenvalue weighted by molar-refractivity contribution is 6.64. The molecule has 3 nitrogen and oxygen atoms in total. The summed E-state index contributed by atoms with van der Waals surface area (Å²) in [5.74, 6) is -0.264. The predicted octanol–water partition coefficient (Wildman–Crippen LogP) is 1.34. The average molecular weight is 191 g/mol. The molecule has 0 aromatic rings. The molecule has 1 unspecified atom stereocenters. The van der Waals surface area contributed by atoms with Crippen LogP contribution < -0.4 is 0 Å². The molecule has 1 fully saturated rings. The van der Waals surface area contributed by atoms with Gasteiger partial charge in [0.1, 0.15) is 0 Å². The fourth-order valence-electron chi connectivity index (χ4n) is 1.29. The Morgan fingerprint density at radius 2 is 2.25 bits per heavy atom. The van der Waals surface area contributed by atoms with Gasteiger partial charge < -0.3 is 4.74 Å². The number of hydrogen-bond donors (Lipinski definition) is 0. The van der Waals surface area contributed by atoms with Gasteiger partial charge >= 0.3 is 5.97 Å². The SMILES string of the molecule is CC(C)[C@@H]1CC(C(=O)Cl)OC1=O. The quantitative estimate of drug-likeness (QED) is 0.488. The fraction of sp³-hybridized carbons (Fsp3) is 0.750. The molecule has 1 aliphatic heterocycles. The molecule has 1 heterocycles. The molecule has 4 heteroatoms. The zero-order valence-electron chi connectivity index (χ0n) is 7.04. The molecular weight excluding hydrogens is 180 g/mol. The second-order valence-electron chi connectivity index (χ2n) is 3.32. The van der Waals surface area contributed by atoms with Crippen LogP contribution in [0.15, 0.2) is 0 Å². The summed E-state index contributed by atoms with van der Waals surface area (Å²) in [6.45, 7) is 3.85. The molecule has 0 aromatic carbocycles. The minimum absolute atomic E-state index is 0.169. The first kappa shape index (κ1) is 9.52. The van der Waals surface area contributed by atoms with Crippen LogP contribution in [0.3, 0.4) is 0 Å². The van der Waals surface area contributed by atoms with Crippen molar-refractivity contribution in [2.75, 3.05) is 0 Å². The molecule has 1 saturated heterocycles. The first-order valence-corrected chi connectivity index (χ1v) is 4.30. The lowest BCUT2D eigenvalue weighted by atomic mass is 9.93. The Balaban J connectivity index is 2.62. The summed E-state index contributed by atoms with van der Waals surface area (Å²) in [4.78, 5) is 21.7. The molecule has 0 N–H and O–H groups in total. The van der Waals surface area contributed by atoms with Crippen molar-refractivity contribution in [3.8, 4) is 0 Å². The maximum atomic E-state index is 11.1. The molecule has 12 heavy (non-hydrogen) atoms. The van der Waals surface area contributed by atoms with Crippen LogP contribution in [-0.4, -0.2) is 17.3 Å². The Labute approximate surface area is 76.0 Å². The molecule has 0 bridgehead atoms. The van der Waals surface area contributed by atoms with E-state index in [1.54, 1.807) is 0 Å². The Morgan fingerprint density at radius 3 is 2.50 bits per heavy atom. The van der Waals surface area contributed by atoms with Gasteiger partial charge in [-0.25, -0.2) is 0 Å². The number of rotatable bonds is 2. The van der Waals surface area contributed by atoms with Crippen LogP contribution in [0.4, 0.5) is 0 Å². The first-order valence-electron chi connectivity index (χ1n) is 3.92. The van der Waals surface area contributed by atoms with Gasteiger partial charge in [0.25, 0.3) is 5.24 Å². The maximum Gasteiger partial charge on any atom is 0.310 e. The number of ether oxygens (including phenoxy) is 1. The van der Waals surface area contributed by atoms with Crippen LogP contribution in [0.1, 0.15) is 20.3 Å². The Kier molecular flexibility index (Phi) is 2.73. The Bertz CT molecular complexity index is 212. The number of cyclic esters (lactones) is 1. The molecule has 1 rings (SSSR count). The summed E-state index contributed by atoms with van der Waals surface area (Å²) in [6.07, 6.45) is -0.287. The fourth-order valence-corrected chi connectivity index (χ4v) is 1.42. The van der Waals surface area contributed by atoms with Gasteiger partial charge in [-0.1, -0.05) is 13.8 Å². The van der Waals surface area contributed by atoms with Crippen molar-refractivity contribution < 1.29 is 14.3 Å². The minimum Gasteiger partial charge on any atom is -0.453 e. The highest BCUT2D eigenvalue weighted by atomic mass is 35.5. The van der Waals surface area contributed by atoms with Gasteiger partial charge in [0.05, 0.1) is 5.92 Å². The topological polar surface area (TPSA) is 43.4 Å². The first-order chi connectivity index (χ1) is 5.52. The van der Waals surface area contributed by atoms with Gasteiger partial charge in [-0.3, -0.25) is 9.59 Å². The van der Waals surface area contributed by atoms with Crippen LogP contribution in [0.5, 0.6) is 0 Å². The summed E-state index contributed by atoms with van der Waals surface area (Å²) in [6, 6.07) is 0. The van der Waals surface area contributed by atoms with Gasteiger partial charge in [-0.2, -0.15) is 0 Å². The summed E-state index contributed by atoms with van der Waals surface area (Å²) in [5, 5.41) is -0.577. The molecule has 0 aliphatic carbocycles. The molecule has 68 valence electrons. The van der Waals surface area contributed by atoms with Crippen molar-refractivity contribution in [1.82, 2.24) is 0 Å². The largest absolute Gasteiger partial charge is 0.453 e. The van der Waals surface area contributed by atoms with Crippen LogP contribution in [0.25, 0.3) is 0 Å². The van der Waals surface area contributed by atoms with Crippen LogP contribution in [0, 0.1) is 11.8 Å². The van der Waals surface area contributed by atoms with Crippen LogP contribution in [0.2, 0.25) is 0 Å². The van der Waals surface area contributed by atoms with Crippen molar-refractivity contribution in [1.29, 1.82) is 0 Å². The molecule has 1 aliphatic rings. The van der Waals surface area contributed by atoms with E-state index in [1.807, 2.05) is 13.8 Å². The summed E-state index contributed by atoms with van der Waals surface area (Å²) in [7, 11) is 0. The second-order valence-corrected chi connectivity index (χ2v) is 3.69. The molecule has 0 saturated carbocycles. The maximum absolute atomic E-state index is 11.1. The third-order valence-corrected chi connectivity index (χ3v) is 2.33. The predicted molar refractivity (Wildman–Crippen MR) is 43.7 cm³/mol. The monoisotopic (exact) mass is 190 g/mol. The summed E-state index contributed by atoms with van der Waals surface area (Å²) >= 11 is 5.20. The highest BCUT2D eigenvalue weighted by Crippen LogP contribution is 2.28. The van der Waals surface area contributed by atoms with Gasteiger partial charge in [-0.05, 0) is 17.5 Å². The third kappa shape index (κ3) is 1.78. The number of hydrogen-bond acceptors (Lipinski definition) is 3. The van der Waals surface area contributed by atoms with E-state index in [0.29, 0.717) is 6.42 Å². The number of carbonyl (C=O) groups is 2. The Hall–Kier alpha value is -0.570. The van der Waals surface area contributed by atoms with Gasteiger partial charge in [0.2, 0.25) is 0 Å². The van der Waals surface area contributed by atoms with E-state index in [9.17, 15) is 9.59 Å². The lowest BCUT2D eigenvalue weighted by Gasteiger charge is -2.07. The second kappa shape index (κ2) is 3.44. The number of halogens is 1. The van der Waals surface area contributed by atoms with Crippen molar-refractivity contribution in [2.45, 2.75) is 26.4 Å². The molecule has 0 aromatic heterocycles. The zero-order valence-corrected chi connectivity index (χ0v) is 7.80. The standard InChI is InChI=1S/C8H11ClO3/c1-4(2)5-3-6(7(9)10)12-8(5)11/h4-6H,3H2,1-2H3/t5-,6?/m0/s1. The summed E-state index contributed by atoms with van der Waals surface area (Å²) in [5.41, 5.74) is 0. The van der Waals surface area contributed by atoms with Crippen LogP contribution >= 0.6 is 11.6 Å². The van der Waals surface area contributed by atoms with Crippen molar-refractivity contribution in [3.63, 3.8) is 0 Å². The van der Waals surface area contributed by atoms with E-state index in [0.717, 1.165) is 0 Å². The Morgan fingerprint density at radius 1 is 1.67 bits per heavy atom. The zero-order chi connectivity index (χ0) is 9.30. The molecular formula is C8H11ClO3.